The zero-order valence-electron chi connectivity index (χ0n) is 11.5. The van der Waals surface area contributed by atoms with Crippen LogP contribution in [0.25, 0.3) is 0 Å². The third kappa shape index (κ3) is 3.53. The van der Waals surface area contributed by atoms with Crippen LogP contribution in [-0.2, 0) is 0 Å². The normalized spacial score (nSPS) is 10.0. The molecule has 0 spiro atoms. The van der Waals surface area contributed by atoms with Gasteiger partial charge in [-0.2, -0.15) is 0 Å². The summed E-state index contributed by atoms with van der Waals surface area (Å²) in [6.45, 7) is 0. The van der Waals surface area contributed by atoms with Crippen molar-refractivity contribution >= 4 is 40.3 Å². The first kappa shape index (κ1) is 15.3. The fourth-order valence-corrected chi connectivity index (χ4v) is 2.08. The molecular formula is C14H14ClN3O2S. The van der Waals surface area contributed by atoms with E-state index in [-0.39, 0.29) is 4.99 Å². The maximum absolute atomic E-state index is 6.07. The van der Waals surface area contributed by atoms with Crippen LogP contribution in [-0.4, -0.2) is 24.2 Å². The minimum absolute atomic E-state index is 0.235. The number of ether oxygens (including phenoxy) is 2. The first-order chi connectivity index (χ1) is 10.0. The van der Waals surface area contributed by atoms with Crippen LogP contribution in [0.5, 0.6) is 11.5 Å². The summed E-state index contributed by atoms with van der Waals surface area (Å²) in [7, 11) is 3.10. The quantitative estimate of drug-likeness (QED) is 0.824. The number of nitrogens with zero attached hydrogens (tertiary/aromatic N) is 1. The summed E-state index contributed by atoms with van der Waals surface area (Å²) in [4.78, 5) is 4.55. The number of methoxy groups -OCH3 is 2. The van der Waals surface area contributed by atoms with Gasteiger partial charge >= 0.3 is 0 Å². The Morgan fingerprint density at radius 1 is 1.24 bits per heavy atom. The molecular weight excluding hydrogens is 310 g/mol. The molecule has 1 aromatic carbocycles. The monoisotopic (exact) mass is 323 g/mol. The molecule has 0 aliphatic heterocycles. The lowest BCUT2D eigenvalue weighted by atomic mass is 10.2. The van der Waals surface area contributed by atoms with Gasteiger partial charge in [-0.3, -0.25) is 0 Å². The van der Waals surface area contributed by atoms with Gasteiger partial charge in [0.25, 0.3) is 0 Å². The van der Waals surface area contributed by atoms with Crippen LogP contribution in [0.15, 0.2) is 30.3 Å². The van der Waals surface area contributed by atoms with E-state index in [4.69, 9.17) is 39.0 Å². The van der Waals surface area contributed by atoms with Gasteiger partial charge < -0.3 is 20.5 Å². The van der Waals surface area contributed by atoms with Crippen LogP contribution >= 0.6 is 23.8 Å². The molecule has 0 amide bonds. The first-order valence-corrected chi connectivity index (χ1v) is 6.79. The predicted octanol–water partition coefficient (Wildman–Crippen LogP) is 3.13. The van der Waals surface area contributed by atoms with Crippen LogP contribution < -0.4 is 20.5 Å². The predicted molar refractivity (Wildman–Crippen MR) is 88.0 cm³/mol. The molecule has 0 unspecified atom stereocenters. The summed E-state index contributed by atoms with van der Waals surface area (Å²) < 4.78 is 10.5. The van der Waals surface area contributed by atoms with E-state index >= 15 is 0 Å². The number of benzene rings is 1. The van der Waals surface area contributed by atoms with Crippen molar-refractivity contribution in [2.45, 2.75) is 0 Å². The molecule has 1 heterocycles. The molecule has 0 saturated carbocycles. The third-order valence-corrected chi connectivity index (χ3v) is 3.24. The number of halogens is 1. The summed E-state index contributed by atoms with van der Waals surface area (Å²) in [5.74, 6) is 1.69. The summed E-state index contributed by atoms with van der Waals surface area (Å²) in [5, 5.41) is 3.59. The van der Waals surface area contributed by atoms with Gasteiger partial charge in [0.05, 0.1) is 30.6 Å². The van der Waals surface area contributed by atoms with Crippen molar-refractivity contribution in [3.05, 3.63) is 41.0 Å². The third-order valence-electron chi connectivity index (χ3n) is 2.74. The molecule has 7 heteroatoms. The van der Waals surface area contributed by atoms with Gasteiger partial charge in [0, 0.05) is 12.1 Å². The number of thiocarbonyl (C=S) groups is 1. The summed E-state index contributed by atoms with van der Waals surface area (Å²) in [6.07, 6.45) is 0. The van der Waals surface area contributed by atoms with Crippen molar-refractivity contribution in [3.8, 4) is 11.5 Å². The van der Waals surface area contributed by atoms with Gasteiger partial charge in [-0.05, 0) is 12.1 Å². The van der Waals surface area contributed by atoms with Crippen LogP contribution in [0, 0.1) is 0 Å². The Kier molecular flexibility index (Phi) is 4.82. The Hall–Kier alpha value is -2.05. The molecule has 0 aliphatic carbocycles. The Labute approximate surface area is 133 Å². The lowest BCUT2D eigenvalue weighted by molar-refractivity contribution is 0.405. The lowest BCUT2D eigenvalue weighted by Gasteiger charge is -2.13. The fraction of sp³-hybridized carbons (Fsp3) is 0.143. The van der Waals surface area contributed by atoms with Gasteiger partial charge in [-0.15, -0.1) is 0 Å². The Balaban J connectivity index is 2.38. The van der Waals surface area contributed by atoms with Gasteiger partial charge in [-0.25, -0.2) is 4.98 Å². The second-order valence-electron chi connectivity index (χ2n) is 4.08. The van der Waals surface area contributed by atoms with Crippen molar-refractivity contribution in [2.75, 3.05) is 19.5 Å². The summed E-state index contributed by atoms with van der Waals surface area (Å²) in [6, 6.07) is 8.75. The average molecular weight is 324 g/mol. The fourth-order valence-electron chi connectivity index (χ4n) is 1.74. The topological polar surface area (TPSA) is 69.4 Å². The van der Waals surface area contributed by atoms with E-state index in [1.807, 2.05) is 6.07 Å². The van der Waals surface area contributed by atoms with Crippen molar-refractivity contribution in [1.29, 1.82) is 0 Å². The molecule has 110 valence electrons. The van der Waals surface area contributed by atoms with Gasteiger partial charge in [-0.1, -0.05) is 29.9 Å². The zero-order valence-corrected chi connectivity index (χ0v) is 13.1. The molecule has 3 N–H and O–H groups in total. The summed E-state index contributed by atoms with van der Waals surface area (Å²) in [5.41, 5.74) is 6.79. The van der Waals surface area contributed by atoms with E-state index in [1.54, 1.807) is 38.5 Å². The maximum Gasteiger partial charge on any atom is 0.144 e. The molecule has 2 rings (SSSR count). The largest absolute Gasteiger partial charge is 0.495 e. The van der Waals surface area contributed by atoms with Gasteiger partial charge in [0.2, 0.25) is 0 Å². The lowest BCUT2D eigenvalue weighted by Crippen LogP contribution is -2.12. The Morgan fingerprint density at radius 3 is 2.57 bits per heavy atom. The van der Waals surface area contributed by atoms with Crippen molar-refractivity contribution in [3.63, 3.8) is 0 Å². The van der Waals surface area contributed by atoms with E-state index < -0.39 is 0 Å². The smallest absolute Gasteiger partial charge is 0.144 e. The molecule has 21 heavy (non-hydrogen) atoms. The van der Waals surface area contributed by atoms with E-state index in [0.29, 0.717) is 33.7 Å². The molecule has 5 nitrogen and oxygen atoms in total. The summed E-state index contributed by atoms with van der Waals surface area (Å²) >= 11 is 11.0. The number of hydrogen-bond donors (Lipinski definition) is 2. The van der Waals surface area contributed by atoms with Crippen LogP contribution in [0.2, 0.25) is 5.02 Å². The molecule has 0 radical (unpaired) electrons. The first-order valence-electron chi connectivity index (χ1n) is 6.00. The molecule has 2 aromatic rings. The Bertz CT molecular complexity index is 679. The van der Waals surface area contributed by atoms with Crippen molar-refractivity contribution in [2.24, 2.45) is 5.73 Å². The van der Waals surface area contributed by atoms with E-state index in [2.05, 4.69) is 10.3 Å². The zero-order chi connectivity index (χ0) is 15.4. The number of aromatic nitrogens is 1. The SMILES string of the molecule is COc1cc(Nc2cccc(C(N)=S)n2)c(OC)cc1Cl. The van der Waals surface area contributed by atoms with Crippen LogP contribution in [0.1, 0.15) is 5.69 Å². The number of rotatable bonds is 5. The number of pyridine rings is 1. The highest BCUT2D eigenvalue weighted by Crippen LogP contribution is 2.37. The molecule has 0 atom stereocenters. The number of anilines is 2. The van der Waals surface area contributed by atoms with Crippen molar-refractivity contribution in [1.82, 2.24) is 4.98 Å². The maximum atomic E-state index is 6.07. The van der Waals surface area contributed by atoms with E-state index in [1.165, 1.54) is 0 Å². The molecule has 0 bridgehead atoms. The minimum Gasteiger partial charge on any atom is -0.495 e. The highest BCUT2D eigenvalue weighted by atomic mass is 35.5. The van der Waals surface area contributed by atoms with Gasteiger partial charge in [0.15, 0.2) is 0 Å². The highest BCUT2D eigenvalue weighted by molar-refractivity contribution is 7.80. The molecule has 0 saturated heterocycles. The highest BCUT2D eigenvalue weighted by Gasteiger charge is 2.11. The number of hydrogen-bond acceptors (Lipinski definition) is 5. The molecule has 0 fully saturated rings. The van der Waals surface area contributed by atoms with Crippen LogP contribution in [0.4, 0.5) is 11.5 Å². The van der Waals surface area contributed by atoms with Gasteiger partial charge in [0.1, 0.15) is 22.3 Å². The minimum atomic E-state index is 0.235. The average Bonchev–Trinajstić information content (AvgIpc) is 2.48. The van der Waals surface area contributed by atoms with Crippen molar-refractivity contribution < 1.29 is 9.47 Å². The van der Waals surface area contributed by atoms with E-state index in [9.17, 15) is 0 Å². The standard InChI is InChI=1S/C14H14ClN3O2S/c1-19-11-7-10(12(20-2)6-8(11)15)18-13-5-3-4-9(17-13)14(16)21/h3-7H,1-2H3,(H2,16,21)(H,17,18). The van der Waals surface area contributed by atoms with E-state index in [0.717, 1.165) is 0 Å². The molecule has 0 aliphatic rings. The Morgan fingerprint density at radius 2 is 1.95 bits per heavy atom. The number of nitrogens with one attached hydrogen (secondary N) is 1. The second-order valence-corrected chi connectivity index (χ2v) is 4.93. The second kappa shape index (κ2) is 6.60. The van der Waals surface area contributed by atoms with Crippen LogP contribution in [0.3, 0.4) is 0 Å². The number of nitrogens with two attached hydrogens (primary N) is 1. The molecule has 1 aromatic heterocycles.